The van der Waals surface area contributed by atoms with Gasteiger partial charge in [0.25, 0.3) is 0 Å². The summed E-state index contributed by atoms with van der Waals surface area (Å²) in [5.74, 6) is -0.298. The number of amidine groups is 1. The van der Waals surface area contributed by atoms with Crippen LogP contribution in [0.25, 0.3) is 0 Å². The van der Waals surface area contributed by atoms with Gasteiger partial charge in [0.2, 0.25) is 0 Å². The summed E-state index contributed by atoms with van der Waals surface area (Å²) < 4.78 is 38.1. The van der Waals surface area contributed by atoms with Gasteiger partial charge in [-0.05, 0) is 0 Å². The van der Waals surface area contributed by atoms with Crippen molar-refractivity contribution in [2.75, 3.05) is 6.54 Å². The molecular weight excluding hydrogens is 510 g/mol. The maximum Gasteiger partial charge on any atom is -1.00 e. The van der Waals surface area contributed by atoms with Gasteiger partial charge in [0.1, 0.15) is 0 Å². The predicted molar refractivity (Wildman–Crippen MR) is 92.8 cm³/mol. The van der Waals surface area contributed by atoms with E-state index < -0.39 is 26.6 Å². The van der Waals surface area contributed by atoms with Crippen LogP contribution in [-0.4, -0.2) is 32.5 Å². The monoisotopic (exact) mass is 520 g/mol. The van der Waals surface area contributed by atoms with Crippen LogP contribution in [0, 0.1) is 0 Å². The second-order valence-corrected chi connectivity index (χ2v) is 20.8. The first-order valence-corrected chi connectivity index (χ1v) is 15.5. The van der Waals surface area contributed by atoms with E-state index in [1.807, 2.05) is 6.92 Å². The molecule has 1 saturated heterocycles. The Hall–Kier alpha value is 0.339. The normalized spacial score (nSPS) is 26.4. The van der Waals surface area contributed by atoms with E-state index in [9.17, 15) is 18.0 Å². The molecule has 2 unspecified atom stereocenters. The fraction of sp³-hybridized carbons (Fsp3) is 0.385. The molecule has 0 aliphatic carbocycles. The first-order valence-electron chi connectivity index (χ1n) is 6.68. The minimum absolute atomic E-state index is 0. The molecule has 25 heavy (non-hydrogen) atoms. The van der Waals surface area contributed by atoms with Crippen molar-refractivity contribution in [3.05, 3.63) is 29.3 Å². The molecule has 0 saturated carbocycles. The SMILES string of the molecule is CC1(C[Se](Cl)(Cl)Cl)C[NH+]2C(=O)c3ccc(C(F)(F)F)cc3N=C2S1.[Cl-]. The quantitative estimate of drug-likeness (QED) is 0.588. The minimum Gasteiger partial charge on any atom is -1.00 e. The van der Waals surface area contributed by atoms with Gasteiger partial charge >= 0.3 is 156 Å². The molecule has 0 aromatic heterocycles. The largest absolute Gasteiger partial charge is 1.00 e. The number of halogens is 7. The van der Waals surface area contributed by atoms with Gasteiger partial charge in [-0.15, -0.1) is 0 Å². The average Bonchev–Trinajstić information content (AvgIpc) is 2.71. The van der Waals surface area contributed by atoms with Gasteiger partial charge in [-0.25, -0.2) is 0 Å². The topological polar surface area (TPSA) is 33.9 Å². The zero-order valence-corrected chi connectivity index (χ0v) is 18.0. The fourth-order valence-electron chi connectivity index (χ4n) is 2.74. The number of aliphatic imine (C=N–C) groups is 1. The van der Waals surface area contributed by atoms with Crippen LogP contribution >= 0.6 is 42.1 Å². The van der Waals surface area contributed by atoms with Crippen molar-refractivity contribution in [3.8, 4) is 0 Å². The standard InChI is InChI=1S/C13H10Cl3F3N2OSSe.ClH/c1-12(6-24(14,15)16)5-21-10(22)8-3-2-7(13(17,18)19)4-9(8)20-11(21)23-12;/h2-4H,5-6H2,1H3;1H. The molecule has 1 N–H and O–H groups in total. The summed E-state index contributed by atoms with van der Waals surface area (Å²) in [6, 6.07) is 2.98. The van der Waals surface area contributed by atoms with Crippen molar-refractivity contribution in [2.24, 2.45) is 4.99 Å². The number of alkyl halides is 3. The number of benzene rings is 1. The number of rotatable bonds is 2. The summed E-state index contributed by atoms with van der Waals surface area (Å²) in [6.07, 6.45) is -4.48. The van der Waals surface area contributed by atoms with Crippen LogP contribution < -0.4 is 17.3 Å². The van der Waals surface area contributed by atoms with Crippen LogP contribution in [0.4, 0.5) is 18.9 Å². The van der Waals surface area contributed by atoms with Gasteiger partial charge in [0.05, 0.1) is 0 Å². The van der Waals surface area contributed by atoms with E-state index in [1.54, 1.807) is 0 Å². The molecule has 1 amide bonds. The number of hydrogen-bond acceptors (Lipinski definition) is 3. The average molecular weight is 521 g/mol. The second-order valence-electron chi connectivity index (χ2n) is 5.83. The van der Waals surface area contributed by atoms with E-state index in [-0.39, 0.29) is 29.6 Å². The Balaban J connectivity index is 0.00000225. The number of carbonyl (C=O) groups excluding carboxylic acids is 1. The molecule has 12 heteroatoms. The first-order chi connectivity index (χ1) is 10.9. The summed E-state index contributed by atoms with van der Waals surface area (Å²) in [7, 11) is 14.9. The van der Waals surface area contributed by atoms with E-state index in [4.69, 9.17) is 30.3 Å². The van der Waals surface area contributed by atoms with E-state index >= 15 is 0 Å². The van der Waals surface area contributed by atoms with Crippen molar-refractivity contribution in [1.82, 2.24) is 0 Å². The third-order valence-electron chi connectivity index (χ3n) is 3.69. The number of hydrogen-bond donors (Lipinski definition) is 1. The molecule has 0 spiro atoms. The molecular formula is C13H11Cl4F3N2OSSe. The molecule has 3 rings (SSSR count). The van der Waals surface area contributed by atoms with Crippen LogP contribution in [0.1, 0.15) is 22.8 Å². The summed E-state index contributed by atoms with van der Waals surface area (Å²) >= 11 is 1.30. The van der Waals surface area contributed by atoms with E-state index in [1.165, 1.54) is 17.8 Å². The fourth-order valence-corrected chi connectivity index (χ4v) is 11.6. The van der Waals surface area contributed by atoms with E-state index in [2.05, 4.69) is 4.99 Å². The number of carbonyl (C=O) groups is 1. The predicted octanol–water partition coefficient (Wildman–Crippen LogP) is 0.896. The molecule has 2 aliphatic heterocycles. The van der Waals surface area contributed by atoms with Gasteiger partial charge in [0.15, 0.2) is 0 Å². The Kier molecular flexibility index (Phi) is 6.11. The van der Waals surface area contributed by atoms with Crippen LogP contribution in [0.15, 0.2) is 23.2 Å². The van der Waals surface area contributed by atoms with Crippen LogP contribution in [-0.2, 0) is 6.18 Å². The van der Waals surface area contributed by atoms with Gasteiger partial charge < -0.3 is 12.4 Å². The van der Waals surface area contributed by atoms with E-state index in [0.29, 0.717) is 21.9 Å². The van der Waals surface area contributed by atoms with E-state index in [0.717, 1.165) is 12.1 Å². The number of fused-ring (bicyclic) bond motifs is 2. The Morgan fingerprint density at radius 3 is 2.56 bits per heavy atom. The van der Waals surface area contributed by atoms with Gasteiger partial charge in [0, 0.05) is 0 Å². The van der Waals surface area contributed by atoms with Crippen LogP contribution in [0.3, 0.4) is 0 Å². The third-order valence-corrected chi connectivity index (χ3v) is 9.14. The maximum atomic E-state index is 12.8. The van der Waals surface area contributed by atoms with Crippen LogP contribution in [0.2, 0.25) is 5.32 Å². The smallest absolute Gasteiger partial charge is 1.00 e. The summed E-state index contributed by atoms with van der Waals surface area (Å²) in [5, 5.41) is 0.777. The Morgan fingerprint density at radius 2 is 2.00 bits per heavy atom. The molecule has 3 nitrogen and oxygen atoms in total. The van der Waals surface area contributed by atoms with Crippen molar-refractivity contribution in [3.63, 3.8) is 0 Å². The zero-order valence-electron chi connectivity index (χ0n) is 12.5. The minimum atomic E-state index is -4.48. The molecule has 0 radical (unpaired) electrons. The van der Waals surface area contributed by atoms with Crippen molar-refractivity contribution in [2.45, 2.75) is 23.2 Å². The molecule has 2 aliphatic rings. The van der Waals surface area contributed by atoms with Gasteiger partial charge in [-0.3, -0.25) is 0 Å². The molecule has 140 valence electrons. The summed E-state index contributed by atoms with van der Waals surface area (Å²) in [4.78, 5) is 17.4. The molecule has 1 aromatic rings. The Morgan fingerprint density at radius 1 is 1.36 bits per heavy atom. The molecule has 0 bridgehead atoms. The first kappa shape index (κ1) is 21.6. The third kappa shape index (κ3) is 4.61. The van der Waals surface area contributed by atoms with Crippen LogP contribution in [0.5, 0.6) is 0 Å². The van der Waals surface area contributed by atoms with Crippen molar-refractivity contribution >= 4 is 68.9 Å². The van der Waals surface area contributed by atoms with Gasteiger partial charge in [-0.2, -0.15) is 0 Å². The Bertz CT molecular complexity index is 756. The number of quaternary nitrogens is 1. The number of nitrogens with one attached hydrogen (secondary N) is 1. The summed E-state index contributed by atoms with van der Waals surface area (Å²) in [5.41, 5.74) is -0.612. The van der Waals surface area contributed by atoms with Crippen molar-refractivity contribution < 1.29 is 35.3 Å². The zero-order chi connectivity index (χ0) is 17.9. The second kappa shape index (κ2) is 7.06. The van der Waals surface area contributed by atoms with Gasteiger partial charge in [-0.1, -0.05) is 0 Å². The molecule has 2 heterocycles. The molecule has 1 aromatic carbocycles. The maximum absolute atomic E-state index is 12.8. The molecule has 1 fully saturated rings. The number of thioether (sulfide) groups is 1. The number of nitrogens with zero attached hydrogens (tertiary/aromatic N) is 1. The number of amides is 1. The van der Waals surface area contributed by atoms with Crippen molar-refractivity contribution in [1.29, 1.82) is 0 Å². The molecule has 2 atom stereocenters. The summed E-state index contributed by atoms with van der Waals surface area (Å²) in [6.45, 7) is 2.27. The Labute approximate surface area is 167 Å².